The maximum atomic E-state index is 12.1. The van der Waals surface area contributed by atoms with E-state index in [1.165, 1.54) is 12.7 Å². The van der Waals surface area contributed by atoms with Crippen LogP contribution >= 0.6 is 23.6 Å². The Labute approximate surface area is 182 Å². The maximum Gasteiger partial charge on any atom is 0.341 e. The molecule has 1 aromatic carbocycles. The number of methoxy groups -OCH3 is 1. The Bertz CT molecular complexity index is 885. The van der Waals surface area contributed by atoms with Crippen LogP contribution in [0.25, 0.3) is 6.08 Å². The minimum absolute atomic E-state index is 0.327. The van der Waals surface area contributed by atoms with E-state index in [1.807, 2.05) is 19.9 Å². The topological polar surface area (TPSA) is 44.8 Å². The Morgan fingerprint density at radius 1 is 1.21 bits per heavy atom. The van der Waals surface area contributed by atoms with Crippen LogP contribution in [0.5, 0.6) is 0 Å². The van der Waals surface area contributed by atoms with Gasteiger partial charge in [-0.05, 0) is 37.2 Å². The number of benzene rings is 1. The summed E-state index contributed by atoms with van der Waals surface area (Å²) in [6.45, 7) is 8.50. The van der Waals surface area contributed by atoms with Gasteiger partial charge in [0, 0.05) is 37.6 Å². The van der Waals surface area contributed by atoms with Crippen molar-refractivity contribution in [3.63, 3.8) is 0 Å². The minimum Gasteiger partial charge on any atom is -0.465 e. The van der Waals surface area contributed by atoms with Crippen LogP contribution in [-0.2, 0) is 4.74 Å². The smallest absolute Gasteiger partial charge is 0.341 e. The molecule has 3 rings (SSSR count). The molecule has 0 atom stereocenters. The van der Waals surface area contributed by atoms with Crippen molar-refractivity contribution < 1.29 is 9.53 Å². The van der Waals surface area contributed by atoms with Gasteiger partial charge in [0.25, 0.3) is 0 Å². The van der Waals surface area contributed by atoms with Crippen LogP contribution in [0.1, 0.15) is 26.4 Å². The molecule has 1 N–H and O–H groups in total. The van der Waals surface area contributed by atoms with Crippen LogP contribution in [0, 0.1) is 13.8 Å². The van der Waals surface area contributed by atoms with Crippen LogP contribution in [0.2, 0.25) is 0 Å². The molecule has 0 saturated carbocycles. The largest absolute Gasteiger partial charge is 0.465 e. The van der Waals surface area contributed by atoms with Gasteiger partial charge in [-0.3, -0.25) is 4.90 Å². The highest BCUT2D eigenvalue weighted by atomic mass is 32.1. The first-order valence-electron chi connectivity index (χ1n) is 9.67. The van der Waals surface area contributed by atoms with E-state index in [2.05, 4.69) is 51.5 Å². The van der Waals surface area contributed by atoms with Gasteiger partial charge in [0.15, 0.2) is 5.11 Å². The minimum atomic E-state index is -0.327. The van der Waals surface area contributed by atoms with E-state index in [4.69, 9.17) is 17.0 Å². The van der Waals surface area contributed by atoms with Crippen LogP contribution in [0.3, 0.4) is 0 Å². The van der Waals surface area contributed by atoms with Gasteiger partial charge in [0.2, 0.25) is 0 Å². The molecular weight excluding hydrogens is 402 g/mol. The normalized spacial score (nSPS) is 14.9. The highest BCUT2D eigenvalue weighted by molar-refractivity contribution is 7.80. The molecule has 1 aliphatic heterocycles. The average molecular weight is 430 g/mol. The third kappa shape index (κ3) is 5.44. The van der Waals surface area contributed by atoms with Gasteiger partial charge < -0.3 is 15.0 Å². The zero-order chi connectivity index (χ0) is 20.8. The van der Waals surface area contributed by atoms with Crippen LogP contribution < -0.4 is 5.32 Å². The number of carbonyl (C=O) groups excluding carboxylic acids is 1. The summed E-state index contributed by atoms with van der Waals surface area (Å²) in [4.78, 5) is 17.8. The van der Waals surface area contributed by atoms with Crippen molar-refractivity contribution in [2.45, 2.75) is 13.8 Å². The summed E-state index contributed by atoms with van der Waals surface area (Å²) in [7, 11) is 1.41. The van der Waals surface area contributed by atoms with Gasteiger partial charge in [-0.1, -0.05) is 42.5 Å². The van der Waals surface area contributed by atoms with Crippen LogP contribution in [0.4, 0.5) is 5.00 Å². The van der Waals surface area contributed by atoms with Gasteiger partial charge in [-0.25, -0.2) is 4.79 Å². The molecule has 1 aromatic heterocycles. The Morgan fingerprint density at radius 2 is 1.90 bits per heavy atom. The number of nitrogens with one attached hydrogen (secondary N) is 1. The number of piperazine rings is 1. The third-order valence-corrected chi connectivity index (χ3v) is 6.61. The van der Waals surface area contributed by atoms with Crippen molar-refractivity contribution in [2.24, 2.45) is 0 Å². The highest BCUT2D eigenvalue weighted by Crippen LogP contribution is 2.33. The Balaban J connectivity index is 1.52. The summed E-state index contributed by atoms with van der Waals surface area (Å²) in [5.41, 5.74) is 2.75. The molecule has 1 aliphatic rings. The molecule has 154 valence electrons. The molecule has 0 aliphatic carbocycles. The first kappa shape index (κ1) is 21.5. The van der Waals surface area contributed by atoms with Gasteiger partial charge in [0.05, 0.1) is 12.7 Å². The first-order valence-corrected chi connectivity index (χ1v) is 10.9. The van der Waals surface area contributed by atoms with Gasteiger partial charge in [-0.2, -0.15) is 0 Å². The van der Waals surface area contributed by atoms with E-state index in [9.17, 15) is 4.79 Å². The quantitative estimate of drug-likeness (QED) is 0.568. The molecule has 0 unspecified atom stereocenters. The molecule has 1 fully saturated rings. The van der Waals surface area contributed by atoms with Crippen molar-refractivity contribution in [3.05, 3.63) is 58.0 Å². The average Bonchev–Trinajstić information content (AvgIpc) is 3.02. The Hall–Kier alpha value is -2.22. The summed E-state index contributed by atoms with van der Waals surface area (Å²) in [6.07, 6.45) is 4.37. The molecule has 1 saturated heterocycles. The van der Waals surface area contributed by atoms with Gasteiger partial charge in [0.1, 0.15) is 5.00 Å². The molecule has 2 aromatic rings. The number of aryl methyl sites for hydroxylation is 1. The summed E-state index contributed by atoms with van der Waals surface area (Å²) in [5, 5.41) is 4.71. The molecule has 2 heterocycles. The second kappa shape index (κ2) is 10.0. The van der Waals surface area contributed by atoms with Gasteiger partial charge >= 0.3 is 5.97 Å². The number of ether oxygens (including phenoxy) is 1. The summed E-state index contributed by atoms with van der Waals surface area (Å²) < 4.78 is 4.94. The molecular formula is C22H27N3O2S2. The second-order valence-corrected chi connectivity index (χ2v) is 8.62. The number of carbonyl (C=O) groups is 1. The van der Waals surface area contributed by atoms with E-state index in [0.29, 0.717) is 10.7 Å². The molecule has 0 radical (unpaired) electrons. The predicted molar refractivity (Wildman–Crippen MR) is 125 cm³/mol. The maximum absolute atomic E-state index is 12.1. The van der Waals surface area contributed by atoms with Crippen molar-refractivity contribution in [1.29, 1.82) is 0 Å². The number of anilines is 1. The van der Waals surface area contributed by atoms with E-state index in [-0.39, 0.29) is 5.97 Å². The van der Waals surface area contributed by atoms with E-state index in [1.54, 1.807) is 11.3 Å². The van der Waals surface area contributed by atoms with E-state index >= 15 is 0 Å². The fraction of sp³-hybridized carbons (Fsp3) is 0.364. The standard InChI is InChI=1S/C22H27N3O2S2/c1-16-17(2)29-20(19(16)21(26)27-3)23-22(28)25-14-12-24(13-15-25)11-7-10-18-8-5-4-6-9-18/h4-10H,11-15H2,1-3H3,(H,23,28)/b10-7+. The lowest BCUT2D eigenvalue weighted by Gasteiger charge is -2.35. The van der Waals surface area contributed by atoms with Crippen molar-refractivity contribution >= 4 is 45.7 Å². The lowest BCUT2D eigenvalue weighted by molar-refractivity contribution is 0.0601. The van der Waals surface area contributed by atoms with E-state index < -0.39 is 0 Å². The number of rotatable bonds is 5. The Morgan fingerprint density at radius 3 is 2.55 bits per heavy atom. The summed E-state index contributed by atoms with van der Waals surface area (Å²) in [6, 6.07) is 10.3. The number of nitrogens with zero attached hydrogens (tertiary/aromatic N) is 2. The molecule has 7 heteroatoms. The number of esters is 1. The Kier molecular flexibility index (Phi) is 7.41. The van der Waals surface area contributed by atoms with Crippen molar-refractivity contribution in [3.8, 4) is 0 Å². The van der Waals surface area contributed by atoms with Gasteiger partial charge in [-0.15, -0.1) is 11.3 Å². The van der Waals surface area contributed by atoms with Crippen LogP contribution in [-0.4, -0.2) is 60.7 Å². The lowest BCUT2D eigenvalue weighted by atomic mass is 10.1. The highest BCUT2D eigenvalue weighted by Gasteiger charge is 2.23. The zero-order valence-corrected chi connectivity index (χ0v) is 18.7. The van der Waals surface area contributed by atoms with Crippen molar-refractivity contribution in [2.75, 3.05) is 45.2 Å². The van der Waals surface area contributed by atoms with Crippen LogP contribution in [0.15, 0.2) is 36.4 Å². The molecule has 0 bridgehead atoms. The fourth-order valence-corrected chi connectivity index (χ4v) is 4.67. The molecule has 5 nitrogen and oxygen atoms in total. The third-order valence-electron chi connectivity index (χ3n) is 5.13. The SMILES string of the molecule is COC(=O)c1c(NC(=S)N2CCN(C/C=C/c3ccccc3)CC2)sc(C)c1C. The number of thiophene rings is 1. The number of hydrogen-bond acceptors (Lipinski definition) is 5. The lowest BCUT2D eigenvalue weighted by Crippen LogP contribution is -2.49. The summed E-state index contributed by atoms with van der Waals surface area (Å²) >= 11 is 7.16. The molecule has 29 heavy (non-hydrogen) atoms. The first-order chi connectivity index (χ1) is 14.0. The van der Waals surface area contributed by atoms with E-state index in [0.717, 1.165) is 48.2 Å². The predicted octanol–water partition coefficient (Wildman–Crippen LogP) is 4.18. The monoisotopic (exact) mass is 429 g/mol. The zero-order valence-electron chi connectivity index (χ0n) is 17.1. The fourth-order valence-electron chi connectivity index (χ4n) is 3.27. The summed E-state index contributed by atoms with van der Waals surface area (Å²) in [5.74, 6) is -0.327. The number of hydrogen-bond donors (Lipinski definition) is 1. The second-order valence-electron chi connectivity index (χ2n) is 7.01. The number of thiocarbonyl (C=S) groups is 1. The molecule has 0 amide bonds. The van der Waals surface area contributed by atoms with Crippen molar-refractivity contribution in [1.82, 2.24) is 9.80 Å². The molecule has 0 spiro atoms.